The fourth-order valence-electron chi connectivity index (χ4n) is 6.97. The first kappa shape index (κ1) is 38.4. The van der Waals surface area contributed by atoms with E-state index in [2.05, 4.69) is 47.9 Å². The van der Waals surface area contributed by atoms with E-state index in [0.29, 0.717) is 44.8 Å². The first-order chi connectivity index (χ1) is 25.0. The van der Waals surface area contributed by atoms with Gasteiger partial charge in [-0.2, -0.15) is 5.10 Å². The van der Waals surface area contributed by atoms with Crippen molar-refractivity contribution in [3.05, 3.63) is 83.3 Å². The molecule has 5 aromatic rings. The molecule has 52 heavy (non-hydrogen) atoms. The Hall–Kier alpha value is -4.83. The third-order valence-electron chi connectivity index (χ3n) is 9.19. The summed E-state index contributed by atoms with van der Waals surface area (Å²) in [6, 6.07) is 20.6. The number of carbonyl (C=O) groups excluding carboxylic acids is 2. The van der Waals surface area contributed by atoms with E-state index in [1.807, 2.05) is 63.7 Å². The van der Waals surface area contributed by atoms with Crippen LogP contribution in [0.5, 0.6) is 5.75 Å². The van der Waals surface area contributed by atoms with Gasteiger partial charge in [0.2, 0.25) is 0 Å². The second-order valence-corrected chi connectivity index (χ2v) is 14.1. The molecule has 10 nitrogen and oxygen atoms in total. The molecule has 0 spiro atoms. The smallest absolute Gasteiger partial charge is 0.410 e. The third-order valence-corrected chi connectivity index (χ3v) is 9.19. The highest BCUT2D eigenvalue weighted by atomic mass is 16.6. The molecule has 0 bridgehead atoms. The molecule has 0 saturated carbocycles. The van der Waals surface area contributed by atoms with Gasteiger partial charge in [0.05, 0.1) is 31.0 Å². The van der Waals surface area contributed by atoms with Crippen molar-refractivity contribution in [2.24, 2.45) is 7.05 Å². The van der Waals surface area contributed by atoms with Crippen LogP contribution in [0.25, 0.3) is 32.8 Å². The van der Waals surface area contributed by atoms with Crippen LogP contribution in [0.2, 0.25) is 0 Å². The van der Waals surface area contributed by atoms with Crippen molar-refractivity contribution in [1.82, 2.24) is 19.2 Å². The van der Waals surface area contributed by atoms with Crippen LogP contribution in [0, 0.1) is 0 Å². The van der Waals surface area contributed by atoms with Crippen molar-refractivity contribution in [2.45, 2.75) is 85.5 Å². The second-order valence-electron chi connectivity index (χ2n) is 14.1. The van der Waals surface area contributed by atoms with Gasteiger partial charge in [0, 0.05) is 61.9 Å². The van der Waals surface area contributed by atoms with Crippen LogP contribution in [-0.4, -0.2) is 70.8 Å². The molecule has 0 saturated heterocycles. The highest BCUT2D eigenvalue weighted by Gasteiger charge is 2.28. The topological polar surface area (TPSA) is 97.0 Å². The standard InChI is InChI=1S/C42H54N4O6/c1-9-35-37(34(28-49-8)43-45(35)7)33-22-16-21-31-32(23-17-27-51-36-24-15-19-29-18-11-12-20-30(29)36)39(40(47)50-10-2)46(38(31)33)26-14-13-25-44(6)41(48)52-42(3,4)5/h11-12,15-16,18-22,24H,9-10,13-14,17,23,25-28H2,1-8H3. The zero-order valence-electron chi connectivity index (χ0n) is 32.1. The lowest BCUT2D eigenvalue weighted by atomic mass is 9.97. The molecular weight excluding hydrogens is 656 g/mol. The van der Waals surface area contributed by atoms with Gasteiger partial charge in [-0.15, -0.1) is 0 Å². The number of hydrogen-bond donors (Lipinski definition) is 0. The summed E-state index contributed by atoms with van der Waals surface area (Å²) in [5, 5.41) is 8.06. The molecule has 10 heteroatoms. The number of methoxy groups -OCH3 is 1. The van der Waals surface area contributed by atoms with Crippen LogP contribution in [-0.2, 0) is 47.3 Å². The first-order valence-corrected chi connectivity index (χ1v) is 18.4. The van der Waals surface area contributed by atoms with Crippen molar-refractivity contribution in [3.63, 3.8) is 0 Å². The van der Waals surface area contributed by atoms with Gasteiger partial charge in [0.25, 0.3) is 0 Å². The van der Waals surface area contributed by atoms with E-state index in [0.717, 1.165) is 74.8 Å². The van der Waals surface area contributed by atoms with Crippen LogP contribution >= 0.6 is 0 Å². The molecule has 278 valence electrons. The number of hydrogen-bond acceptors (Lipinski definition) is 7. The number of nitrogens with zero attached hydrogens (tertiary/aromatic N) is 4. The maximum Gasteiger partial charge on any atom is 0.410 e. The maximum atomic E-state index is 14.0. The van der Waals surface area contributed by atoms with Gasteiger partial charge in [-0.1, -0.05) is 61.5 Å². The molecular formula is C42H54N4O6. The largest absolute Gasteiger partial charge is 0.493 e. The summed E-state index contributed by atoms with van der Waals surface area (Å²) in [6.07, 6.45) is 3.18. The molecule has 0 radical (unpaired) electrons. The highest BCUT2D eigenvalue weighted by Crippen LogP contribution is 2.39. The van der Waals surface area contributed by atoms with Gasteiger partial charge in [-0.3, -0.25) is 4.68 Å². The van der Waals surface area contributed by atoms with Crippen molar-refractivity contribution < 1.29 is 28.5 Å². The van der Waals surface area contributed by atoms with E-state index in [1.54, 1.807) is 19.1 Å². The van der Waals surface area contributed by atoms with Crippen molar-refractivity contribution in [1.29, 1.82) is 0 Å². The van der Waals surface area contributed by atoms with Crippen LogP contribution in [0.4, 0.5) is 4.79 Å². The Balaban J connectivity index is 1.54. The minimum Gasteiger partial charge on any atom is -0.493 e. The summed E-state index contributed by atoms with van der Waals surface area (Å²) in [7, 11) is 5.40. The number of benzene rings is 3. The normalized spacial score (nSPS) is 11.7. The van der Waals surface area contributed by atoms with Gasteiger partial charge in [0.15, 0.2) is 0 Å². The number of para-hydroxylation sites is 1. The number of esters is 1. The van der Waals surface area contributed by atoms with E-state index >= 15 is 0 Å². The number of amides is 1. The third kappa shape index (κ3) is 8.61. The summed E-state index contributed by atoms with van der Waals surface area (Å²) in [4.78, 5) is 28.2. The van der Waals surface area contributed by atoms with E-state index in [4.69, 9.17) is 24.0 Å². The SMILES string of the molecule is CCOC(=O)c1c(CCCOc2cccc3ccccc23)c2cccc(-c3c(COC)nn(C)c3CC)c2n1CCCCN(C)C(=O)OC(C)(C)C. The maximum absolute atomic E-state index is 14.0. The van der Waals surface area contributed by atoms with E-state index in [1.165, 1.54) is 0 Å². The number of aromatic nitrogens is 3. The Bertz CT molecular complexity index is 2000. The van der Waals surface area contributed by atoms with Crippen molar-refractivity contribution >= 4 is 33.7 Å². The van der Waals surface area contributed by atoms with Gasteiger partial charge < -0.3 is 28.4 Å². The summed E-state index contributed by atoms with van der Waals surface area (Å²) in [6.45, 7) is 11.7. The van der Waals surface area contributed by atoms with Gasteiger partial charge >= 0.3 is 12.1 Å². The fourth-order valence-corrected chi connectivity index (χ4v) is 6.97. The van der Waals surface area contributed by atoms with E-state index in [9.17, 15) is 9.59 Å². The lowest BCUT2D eigenvalue weighted by molar-refractivity contribution is 0.0296. The molecule has 2 heterocycles. The molecule has 0 unspecified atom stereocenters. The zero-order chi connectivity index (χ0) is 37.4. The summed E-state index contributed by atoms with van der Waals surface area (Å²) in [5.74, 6) is 0.499. The van der Waals surface area contributed by atoms with E-state index < -0.39 is 5.60 Å². The number of aryl methyl sites for hydroxylation is 3. The molecule has 5 rings (SSSR count). The molecule has 3 aromatic carbocycles. The van der Waals surface area contributed by atoms with Crippen LogP contribution < -0.4 is 4.74 Å². The molecule has 0 N–H and O–H groups in total. The Kier molecular flexibility index (Phi) is 12.6. The van der Waals surface area contributed by atoms with E-state index in [-0.39, 0.29) is 18.7 Å². The first-order valence-electron chi connectivity index (χ1n) is 18.4. The number of fused-ring (bicyclic) bond motifs is 2. The Morgan fingerprint density at radius 2 is 1.65 bits per heavy atom. The molecule has 0 aliphatic rings. The summed E-state index contributed by atoms with van der Waals surface area (Å²) in [5.41, 5.74) is 5.88. The van der Waals surface area contributed by atoms with Gasteiger partial charge in [-0.25, -0.2) is 9.59 Å². The van der Waals surface area contributed by atoms with Crippen molar-refractivity contribution in [3.8, 4) is 16.9 Å². The van der Waals surface area contributed by atoms with Gasteiger partial charge in [-0.05, 0) is 76.8 Å². The fraction of sp³-hybridized carbons (Fsp3) is 0.452. The molecule has 0 atom stereocenters. The zero-order valence-corrected chi connectivity index (χ0v) is 32.1. The monoisotopic (exact) mass is 710 g/mol. The van der Waals surface area contributed by atoms with Crippen LogP contribution in [0.15, 0.2) is 60.7 Å². The van der Waals surface area contributed by atoms with Crippen molar-refractivity contribution in [2.75, 3.05) is 33.9 Å². The average Bonchev–Trinajstić information content (AvgIpc) is 3.60. The Morgan fingerprint density at radius 3 is 2.38 bits per heavy atom. The average molecular weight is 711 g/mol. The lowest BCUT2D eigenvalue weighted by Crippen LogP contribution is -2.34. The molecule has 0 fully saturated rings. The molecule has 0 aliphatic carbocycles. The Labute approximate surface area is 307 Å². The number of rotatable bonds is 16. The molecule has 1 amide bonds. The van der Waals surface area contributed by atoms with Gasteiger partial charge in [0.1, 0.15) is 17.0 Å². The summed E-state index contributed by atoms with van der Waals surface area (Å²) >= 11 is 0. The molecule has 0 aliphatic heterocycles. The Morgan fingerprint density at radius 1 is 0.923 bits per heavy atom. The lowest BCUT2D eigenvalue weighted by Gasteiger charge is -2.24. The predicted octanol–water partition coefficient (Wildman–Crippen LogP) is 8.74. The minimum absolute atomic E-state index is 0.262. The second kappa shape index (κ2) is 17.1. The quantitative estimate of drug-likeness (QED) is 0.0746. The number of unbranched alkanes of at least 4 members (excludes halogenated alkanes) is 1. The summed E-state index contributed by atoms with van der Waals surface area (Å²) < 4.78 is 27.3. The predicted molar refractivity (Wildman–Crippen MR) is 206 cm³/mol. The molecule has 2 aromatic heterocycles. The van der Waals surface area contributed by atoms with Crippen LogP contribution in [0.1, 0.15) is 81.3 Å². The minimum atomic E-state index is -0.567. The van der Waals surface area contributed by atoms with Crippen LogP contribution in [0.3, 0.4) is 0 Å². The highest BCUT2D eigenvalue weighted by molar-refractivity contribution is 6.05. The number of carbonyl (C=O) groups is 2. The number of ether oxygens (including phenoxy) is 4.